The van der Waals surface area contributed by atoms with Crippen LogP contribution in [0.1, 0.15) is 16.8 Å². The van der Waals surface area contributed by atoms with Crippen molar-refractivity contribution in [2.45, 2.75) is 19.9 Å². The summed E-state index contributed by atoms with van der Waals surface area (Å²) >= 11 is 0. The molecule has 0 bridgehead atoms. The molecule has 1 aliphatic heterocycles. The molecule has 3 aromatic rings. The van der Waals surface area contributed by atoms with Crippen LogP contribution in [-0.4, -0.2) is 26.5 Å². The monoisotopic (exact) mass is 333 g/mol. The lowest BCUT2D eigenvalue weighted by Crippen LogP contribution is -2.31. The Balaban J connectivity index is 1.55. The first-order valence-electron chi connectivity index (χ1n) is 8.17. The second kappa shape index (κ2) is 6.35. The van der Waals surface area contributed by atoms with Crippen molar-refractivity contribution in [1.29, 1.82) is 0 Å². The summed E-state index contributed by atoms with van der Waals surface area (Å²) in [5.41, 5.74) is 12.1. The quantitative estimate of drug-likeness (QED) is 0.711. The average molecular weight is 333 g/mol. The second-order valence-corrected chi connectivity index (χ2v) is 6.14. The molecule has 7 heteroatoms. The summed E-state index contributed by atoms with van der Waals surface area (Å²) in [7, 11) is 0. The van der Waals surface area contributed by atoms with E-state index < -0.39 is 0 Å². The first-order chi connectivity index (χ1) is 12.2. The Morgan fingerprint density at radius 1 is 1.16 bits per heavy atom. The van der Waals surface area contributed by atoms with Crippen molar-refractivity contribution >= 4 is 23.0 Å². The first kappa shape index (κ1) is 15.3. The van der Waals surface area contributed by atoms with Crippen LogP contribution in [0.5, 0.6) is 0 Å². The molecule has 3 heterocycles. The molecule has 0 radical (unpaired) electrons. The highest BCUT2D eigenvalue weighted by atomic mass is 15.2. The van der Waals surface area contributed by atoms with Crippen LogP contribution in [0.25, 0.3) is 0 Å². The third kappa shape index (κ3) is 3.21. The van der Waals surface area contributed by atoms with E-state index >= 15 is 0 Å². The van der Waals surface area contributed by atoms with Crippen LogP contribution < -0.4 is 16.0 Å². The summed E-state index contributed by atoms with van der Waals surface area (Å²) in [5.74, 6) is 0.571. The third-order valence-electron chi connectivity index (χ3n) is 4.32. The Kier molecular flexibility index (Phi) is 3.89. The SMILES string of the molecule is Cc1ccc(N)cc1N1CCc2nc(Nc3cncnc3)ncc2C1. The van der Waals surface area contributed by atoms with Crippen LogP contribution >= 0.6 is 0 Å². The van der Waals surface area contributed by atoms with Crippen molar-refractivity contribution in [3.05, 3.63) is 59.9 Å². The minimum Gasteiger partial charge on any atom is -0.399 e. The molecular formula is C18H19N7. The molecule has 0 aliphatic carbocycles. The van der Waals surface area contributed by atoms with Crippen molar-refractivity contribution in [1.82, 2.24) is 19.9 Å². The number of nitrogens with zero attached hydrogens (tertiary/aromatic N) is 5. The Morgan fingerprint density at radius 2 is 2.00 bits per heavy atom. The van der Waals surface area contributed by atoms with Crippen LogP contribution in [0, 0.1) is 6.92 Å². The fourth-order valence-corrected chi connectivity index (χ4v) is 3.04. The molecule has 0 saturated carbocycles. The van der Waals surface area contributed by atoms with Crippen LogP contribution in [0.4, 0.5) is 23.0 Å². The van der Waals surface area contributed by atoms with Gasteiger partial charge in [-0.2, -0.15) is 0 Å². The van der Waals surface area contributed by atoms with Gasteiger partial charge >= 0.3 is 0 Å². The molecule has 2 aromatic heterocycles. The molecule has 126 valence electrons. The largest absolute Gasteiger partial charge is 0.399 e. The Bertz CT molecular complexity index is 895. The predicted octanol–water partition coefficient (Wildman–Crippen LogP) is 2.46. The second-order valence-electron chi connectivity index (χ2n) is 6.14. The number of nitrogen functional groups attached to an aromatic ring is 1. The molecule has 4 rings (SSSR count). The Labute approximate surface area is 146 Å². The van der Waals surface area contributed by atoms with E-state index in [9.17, 15) is 0 Å². The van der Waals surface area contributed by atoms with E-state index in [4.69, 9.17) is 5.73 Å². The summed E-state index contributed by atoms with van der Waals surface area (Å²) in [4.78, 5) is 19.4. The van der Waals surface area contributed by atoms with Gasteiger partial charge in [-0.25, -0.2) is 19.9 Å². The molecule has 0 amide bonds. The minimum absolute atomic E-state index is 0.571. The Hall–Kier alpha value is -3.22. The first-order valence-corrected chi connectivity index (χ1v) is 8.17. The van der Waals surface area contributed by atoms with Crippen LogP contribution in [0.3, 0.4) is 0 Å². The number of hydrogen-bond acceptors (Lipinski definition) is 7. The number of hydrogen-bond donors (Lipinski definition) is 2. The van der Waals surface area contributed by atoms with E-state index in [1.165, 1.54) is 17.6 Å². The highest BCUT2D eigenvalue weighted by molar-refractivity contribution is 5.62. The maximum absolute atomic E-state index is 5.95. The van der Waals surface area contributed by atoms with Crippen molar-refractivity contribution in [2.24, 2.45) is 0 Å². The van der Waals surface area contributed by atoms with Gasteiger partial charge in [-0.3, -0.25) is 0 Å². The minimum atomic E-state index is 0.571. The lowest BCUT2D eigenvalue weighted by molar-refractivity contribution is 0.705. The van der Waals surface area contributed by atoms with Crippen LogP contribution in [0.15, 0.2) is 43.1 Å². The highest BCUT2D eigenvalue weighted by Crippen LogP contribution is 2.28. The predicted molar refractivity (Wildman–Crippen MR) is 97.7 cm³/mol. The number of fused-ring (bicyclic) bond motifs is 1. The van der Waals surface area contributed by atoms with Gasteiger partial charge in [0.15, 0.2) is 0 Å². The number of nitrogens with one attached hydrogen (secondary N) is 1. The van der Waals surface area contributed by atoms with Gasteiger partial charge in [-0.15, -0.1) is 0 Å². The zero-order valence-corrected chi connectivity index (χ0v) is 14.0. The van der Waals surface area contributed by atoms with E-state index in [1.54, 1.807) is 12.4 Å². The third-order valence-corrected chi connectivity index (χ3v) is 4.32. The lowest BCUT2D eigenvalue weighted by Gasteiger charge is -2.31. The molecule has 3 N–H and O–H groups in total. The van der Waals surface area contributed by atoms with E-state index in [0.717, 1.165) is 42.1 Å². The molecule has 0 saturated heterocycles. The van der Waals surface area contributed by atoms with E-state index in [0.29, 0.717) is 5.95 Å². The Morgan fingerprint density at radius 3 is 2.84 bits per heavy atom. The number of aryl methyl sites for hydroxylation is 1. The topological polar surface area (TPSA) is 92.8 Å². The molecule has 7 nitrogen and oxygen atoms in total. The standard InChI is InChI=1S/C18H19N7/c1-12-2-3-14(19)6-17(12)25-5-4-16-13(10-25)7-22-18(24-16)23-15-8-20-11-21-9-15/h2-3,6-9,11H,4-5,10,19H2,1H3,(H,22,23,24). The van der Waals surface area contributed by atoms with Crippen molar-refractivity contribution in [3.63, 3.8) is 0 Å². The fourth-order valence-electron chi connectivity index (χ4n) is 3.04. The molecule has 1 aliphatic rings. The number of nitrogens with two attached hydrogens (primary N) is 1. The van der Waals surface area contributed by atoms with Crippen molar-refractivity contribution in [3.8, 4) is 0 Å². The van der Waals surface area contributed by atoms with Gasteiger partial charge in [0.2, 0.25) is 5.95 Å². The lowest BCUT2D eigenvalue weighted by atomic mass is 10.0. The van der Waals surface area contributed by atoms with Gasteiger partial charge in [0, 0.05) is 42.6 Å². The molecule has 0 unspecified atom stereocenters. The van der Waals surface area contributed by atoms with Gasteiger partial charge in [0.05, 0.1) is 23.8 Å². The average Bonchev–Trinajstić information content (AvgIpc) is 2.64. The maximum Gasteiger partial charge on any atom is 0.227 e. The van der Waals surface area contributed by atoms with Crippen molar-refractivity contribution < 1.29 is 0 Å². The van der Waals surface area contributed by atoms with Gasteiger partial charge in [0.1, 0.15) is 6.33 Å². The summed E-state index contributed by atoms with van der Waals surface area (Å²) in [6.45, 7) is 3.80. The summed E-state index contributed by atoms with van der Waals surface area (Å²) < 4.78 is 0. The smallest absolute Gasteiger partial charge is 0.227 e. The molecule has 0 atom stereocenters. The van der Waals surface area contributed by atoms with Gasteiger partial charge < -0.3 is 16.0 Å². The fraction of sp³-hybridized carbons (Fsp3) is 0.222. The van der Waals surface area contributed by atoms with Gasteiger partial charge in [-0.1, -0.05) is 6.07 Å². The zero-order chi connectivity index (χ0) is 17.2. The molecular weight excluding hydrogens is 314 g/mol. The molecule has 1 aromatic carbocycles. The molecule has 25 heavy (non-hydrogen) atoms. The molecule has 0 fully saturated rings. The molecule has 0 spiro atoms. The summed E-state index contributed by atoms with van der Waals surface area (Å²) in [5, 5.41) is 3.14. The number of benzene rings is 1. The van der Waals surface area contributed by atoms with E-state index in [1.807, 2.05) is 18.3 Å². The number of anilines is 4. The number of aromatic nitrogens is 4. The summed E-state index contributed by atoms with van der Waals surface area (Å²) in [6.07, 6.45) is 7.64. The number of rotatable bonds is 3. The van der Waals surface area contributed by atoms with Crippen molar-refractivity contribution in [2.75, 3.05) is 22.5 Å². The van der Waals surface area contributed by atoms with E-state index in [2.05, 4.69) is 43.1 Å². The highest BCUT2D eigenvalue weighted by Gasteiger charge is 2.20. The zero-order valence-electron chi connectivity index (χ0n) is 14.0. The van der Waals surface area contributed by atoms with Gasteiger partial charge in [-0.05, 0) is 24.6 Å². The van der Waals surface area contributed by atoms with E-state index in [-0.39, 0.29) is 0 Å². The van der Waals surface area contributed by atoms with Crippen LogP contribution in [0.2, 0.25) is 0 Å². The maximum atomic E-state index is 5.95. The normalized spacial score (nSPS) is 13.4. The van der Waals surface area contributed by atoms with Gasteiger partial charge in [0.25, 0.3) is 0 Å². The summed E-state index contributed by atoms with van der Waals surface area (Å²) in [6, 6.07) is 6.03. The van der Waals surface area contributed by atoms with Crippen LogP contribution in [-0.2, 0) is 13.0 Å².